The number of aliphatic hydroxyl groups excluding tert-OH is 1. The minimum Gasteiger partial charge on any atom is -0.456 e. The van der Waals surface area contributed by atoms with Gasteiger partial charge in [0.1, 0.15) is 11.8 Å². The predicted octanol–water partition coefficient (Wildman–Crippen LogP) is 2.23. The van der Waals surface area contributed by atoms with Crippen LogP contribution in [0.15, 0.2) is 28.7 Å². The lowest BCUT2D eigenvalue weighted by Crippen LogP contribution is -2.48. The van der Waals surface area contributed by atoms with Crippen LogP contribution in [0.5, 0.6) is 0 Å². The Kier molecular flexibility index (Phi) is 2.72. The number of anilines is 1. The molecule has 3 rings (SSSR count). The molecule has 2 aromatic rings. The van der Waals surface area contributed by atoms with Crippen LogP contribution in [0.3, 0.4) is 0 Å². The molecule has 0 radical (unpaired) electrons. The summed E-state index contributed by atoms with van der Waals surface area (Å²) in [5, 5.41) is 10.4. The van der Waals surface area contributed by atoms with Crippen molar-refractivity contribution in [2.45, 2.75) is 12.5 Å². The number of hydrogen-bond donors (Lipinski definition) is 1. The summed E-state index contributed by atoms with van der Waals surface area (Å²) in [5.74, 6) is 0.372. The Balaban J connectivity index is 1.92. The fourth-order valence-corrected chi connectivity index (χ4v) is 2.11. The third-order valence-electron chi connectivity index (χ3n) is 3.19. The highest BCUT2D eigenvalue weighted by molar-refractivity contribution is 5.82. The van der Waals surface area contributed by atoms with Crippen LogP contribution in [-0.4, -0.2) is 31.5 Å². The van der Waals surface area contributed by atoms with E-state index in [2.05, 4.69) is 0 Å². The minimum absolute atomic E-state index is 0.372. The van der Waals surface area contributed by atoms with Crippen molar-refractivity contribution in [3.05, 3.63) is 30.0 Å². The number of ether oxygens (including phenoxy) is 1. The van der Waals surface area contributed by atoms with Gasteiger partial charge in [0.05, 0.1) is 13.1 Å². The third kappa shape index (κ3) is 1.85. The molecule has 1 atom stereocenters. The molecule has 0 spiro atoms. The van der Waals surface area contributed by atoms with Crippen LogP contribution in [-0.2, 0) is 4.74 Å². The van der Waals surface area contributed by atoms with Gasteiger partial charge in [-0.05, 0) is 18.2 Å². The Bertz CT molecular complexity index is 562. The Morgan fingerprint density at radius 3 is 2.89 bits per heavy atom. The predicted molar refractivity (Wildman–Crippen MR) is 65.3 cm³/mol. The summed E-state index contributed by atoms with van der Waals surface area (Å²) in [7, 11) is 1.41. The summed E-state index contributed by atoms with van der Waals surface area (Å²) in [6, 6.07) is 7.41. The second-order valence-electron chi connectivity index (χ2n) is 4.46. The number of furan rings is 1. The summed E-state index contributed by atoms with van der Waals surface area (Å²) >= 11 is 0. The number of hydrogen-bond acceptors (Lipinski definition) is 4. The van der Waals surface area contributed by atoms with Gasteiger partial charge in [0.2, 0.25) is 6.29 Å². The zero-order chi connectivity index (χ0) is 12.7. The molecule has 1 saturated heterocycles. The Morgan fingerprint density at radius 1 is 1.44 bits per heavy atom. The second kappa shape index (κ2) is 4.26. The van der Waals surface area contributed by atoms with Crippen LogP contribution < -0.4 is 4.90 Å². The molecule has 1 unspecified atom stereocenters. The highest BCUT2D eigenvalue weighted by Crippen LogP contribution is 2.30. The fourth-order valence-electron chi connectivity index (χ4n) is 2.11. The van der Waals surface area contributed by atoms with Gasteiger partial charge >= 0.3 is 0 Å². The first-order valence-electron chi connectivity index (χ1n) is 5.81. The fraction of sp³-hybridized carbons (Fsp3) is 0.385. The molecule has 1 aliphatic rings. The topological polar surface area (TPSA) is 45.8 Å². The SMILES string of the molecule is COC(O)c1cc2ccc(N3CC(F)C3)cc2o1. The lowest BCUT2D eigenvalue weighted by molar-refractivity contribution is -0.0895. The van der Waals surface area contributed by atoms with Gasteiger partial charge in [-0.3, -0.25) is 0 Å². The number of rotatable bonds is 3. The maximum absolute atomic E-state index is 12.8. The van der Waals surface area contributed by atoms with Gasteiger partial charge in [-0.1, -0.05) is 0 Å². The van der Waals surface area contributed by atoms with Crippen molar-refractivity contribution in [3.8, 4) is 0 Å². The van der Waals surface area contributed by atoms with Gasteiger partial charge in [0.25, 0.3) is 0 Å². The Morgan fingerprint density at radius 2 is 2.22 bits per heavy atom. The Hall–Kier alpha value is -1.59. The smallest absolute Gasteiger partial charge is 0.214 e. The minimum atomic E-state index is -1.06. The molecule has 0 aliphatic carbocycles. The molecule has 1 aromatic carbocycles. The van der Waals surface area contributed by atoms with Gasteiger partial charge < -0.3 is 19.2 Å². The molecular formula is C13H14FNO3. The van der Waals surface area contributed by atoms with Gasteiger partial charge in [-0.2, -0.15) is 0 Å². The molecule has 0 saturated carbocycles. The maximum Gasteiger partial charge on any atom is 0.214 e. The molecule has 1 N–H and O–H groups in total. The van der Waals surface area contributed by atoms with Crippen molar-refractivity contribution in [2.24, 2.45) is 0 Å². The maximum atomic E-state index is 12.8. The summed E-state index contributed by atoms with van der Waals surface area (Å²) in [4.78, 5) is 1.94. The van der Waals surface area contributed by atoms with E-state index in [0.29, 0.717) is 24.4 Å². The first kappa shape index (κ1) is 11.5. The van der Waals surface area contributed by atoms with Crippen LogP contribution in [0, 0.1) is 0 Å². The Labute approximate surface area is 104 Å². The number of methoxy groups -OCH3 is 1. The molecule has 1 aliphatic heterocycles. The largest absolute Gasteiger partial charge is 0.456 e. The van der Waals surface area contributed by atoms with Gasteiger partial charge in [0.15, 0.2) is 5.76 Å². The van der Waals surface area contributed by atoms with E-state index in [1.165, 1.54) is 7.11 Å². The van der Waals surface area contributed by atoms with Gasteiger partial charge in [-0.15, -0.1) is 0 Å². The molecular weight excluding hydrogens is 237 g/mol. The molecule has 1 aromatic heterocycles. The molecule has 96 valence electrons. The summed E-state index contributed by atoms with van der Waals surface area (Å²) in [6.45, 7) is 0.861. The van der Waals surface area contributed by atoms with Crippen molar-refractivity contribution >= 4 is 16.7 Å². The van der Waals surface area contributed by atoms with Crippen molar-refractivity contribution in [2.75, 3.05) is 25.1 Å². The first-order chi connectivity index (χ1) is 8.67. The number of fused-ring (bicyclic) bond motifs is 1. The van der Waals surface area contributed by atoms with Crippen LogP contribution >= 0.6 is 0 Å². The quantitative estimate of drug-likeness (QED) is 0.850. The van der Waals surface area contributed by atoms with E-state index in [0.717, 1.165) is 11.1 Å². The van der Waals surface area contributed by atoms with Crippen molar-refractivity contribution in [3.63, 3.8) is 0 Å². The monoisotopic (exact) mass is 251 g/mol. The highest BCUT2D eigenvalue weighted by Gasteiger charge is 2.26. The molecule has 1 fully saturated rings. The molecule has 2 heterocycles. The number of alkyl halides is 1. The van der Waals surface area contributed by atoms with E-state index in [1.54, 1.807) is 6.07 Å². The number of benzene rings is 1. The molecule has 0 bridgehead atoms. The van der Waals surface area contributed by atoms with E-state index in [1.807, 2.05) is 23.1 Å². The van der Waals surface area contributed by atoms with Crippen LogP contribution in [0.2, 0.25) is 0 Å². The van der Waals surface area contributed by atoms with Gasteiger partial charge in [0, 0.05) is 24.2 Å². The van der Waals surface area contributed by atoms with Crippen molar-refractivity contribution in [1.82, 2.24) is 0 Å². The molecule has 18 heavy (non-hydrogen) atoms. The van der Waals surface area contributed by atoms with Crippen LogP contribution in [0.25, 0.3) is 11.0 Å². The average molecular weight is 251 g/mol. The van der Waals surface area contributed by atoms with Crippen molar-refractivity contribution in [1.29, 1.82) is 0 Å². The van der Waals surface area contributed by atoms with E-state index in [9.17, 15) is 9.50 Å². The normalized spacial score (nSPS) is 18.1. The summed E-state index contributed by atoms with van der Waals surface area (Å²) in [5.41, 5.74) is 1.60. The van der Waals surface area contributed by atoms with E-state index in [4.69, 9.17) is 9.15 Å². The van der Waals surface area contributed by atoms with Crippen LogP contribution in [0.1, 0.15) is 12.1 Å². The summed E-state index contributed by atoms with van der Waals surface area (Å²) < 4.78 is 23.1. The second-order valence-corrected chi connectivity index (χ2v) is 4.46. The van der Waals surface area contributed by atoms with E-state index >= 15 is 0 Å². The average Bonchev–Trinajstić information content (AvgIpc) is 2.76. The van der Waals surface area contributed by atoms with E-state index < -0.39 is 12.5 Å². The zero-order valence-electron chi connectivity index (χ0n) is 9.97. The summed E-state index contributed by atoms with van der Waals surface area (Å²) in [6.07, 6.45) is -1.79. The highest BCUT2D eigenvalue weighted by atomic mass is 19.1. The number of nitrogens with zero attached hydrogens (tertiary/aromatic N) is 1. The lowest BCUT2D eigenvalue weighted by atomic mass is 10.1. The van der Waals surface area contributed by atoms with E-state index in [-0.39, 0.29) is 0 Å². The standard InChI is InChI=1S/C13H14FNO3/c1-17-13(16)12-4-8-2-3-10(5-11(8)18-12)15-6-9(14)7-15/h2-5,9,13,16H,6-7H2,1H3. The first-order valence-corrected chi connectivity index (χ1v) is 5.81. The molecule has 5 heteroatoms. The number of aliphatic hydroxyl groups is 1. The number of halogens is 1. The third-order valence-corrected chi connectivity index (χ3v) is 3.19. The van der Waals surface area contributed by atoms with Crippen LogP contribution in [0.4, 0.5) is 10.1 Å². The lowest BCUT2D eigenvalue weighted by Gasteiger charge is -2.36. The zero-order valence-corrected chi connectivity index (χ0v) is 9.97. The van der Waals surface area contributed by atoms with Gasteiger partial charge in [-0.25, -0.2) is 4.39 Å². The molecule has 0 amide bonds. The van der Waals surface area contributed by atoms with Crippen molar-refractivity contribution < 1.29 is 18.7 Å². The molecule has 4 nitrogen and oxygen atoms in total.